The molecule has 0 bridgehead atoms. The van der Waals surface area contributed by atoms with Crippen molar-refractivity contribution in [2.45, 2.75) is 19.8 Å². The molecule has 1 saturated heterocycles. The van der Waals surface area contributed by atoms with Gasteiger partial charge in [-0.25, -0.2) is 0 Å². The van der Waals surface area contributed by atoms with Gasteiger partial charge in [0, 0.05) is 19.5 Å². The first-order valence-corrected chi connectivity index (χ1v) is 8.82. The largest absolute Gasteiger partial charge is 0.483 e. The third-order valence-corrected chi connectivity index (χ3v) is 4.96. The van der Waals surface area contributed by atoms with Crippen molar-refractivity contribution in [2.24, 2.45) is 11.1 Å². The molecular weight excluding hydrogens is 348 g/mol. The number of hydrogen-bond donors (Lipinski definition) is 1. The van der Waals surface area contributed by atoms with Crippen LogP contribution in [0.4, 0.5) is 0 Å². The molecule has 2 aromatic carbocycles. The van der Waals surface area contributed by atoms with Crippen LogP contribution < -0.4 is 10.5 Å². The molecule has 140 valence electrons. The lowest BCUT2D eigenvalue weighted by atomic mass is 9.90. The lowest BCUT2D eigenvalue weighted by Crippen LogP contribution is -2.36. The van der Waals surface area contributed by atoms with Crippen LogP contribution >= 0.6 is 12.4 Å². The summed E-state index contributed by atoms with van der Waals surface area (Å²) in [7, 11) is 0. The highest BCUT2D eigenvalue weighted by Crippen LogP contribution is 2.28. The highest BCUT2D eigenvalue weighted by atomic mass is 35.5. The van der Waals surface area contributed by atoms with Crippen LogP contribution in [0.2, 0.25) is 0 Å². The molecule has 2 aromatic rings. The Morgan fingerprint density at radius 2 is 1.85 bits per heavy atom. The summed E-state index contributed by atoms with van der Waals surface area (Å²) in [6.07, 6.45) is 1.75. The molecule has 5 heteroatoms. The van der Waals surface area contributed by atoms with Crippen molar-refractivity contribution in [1.29, 1.82) is 0 Å². The lowest BCUT2D eigenvalue weighted by Gasteiger charge is -2.22. The molecule has 1 heterocycles. The number of nitrogens with zero attached hydrogens (tertiary/aromatic N) is 1. The third kappa shape index (κ3) is 4.99. The fourth-order valence-electron chi connectivity index (χ4n) is 3.24. The van der Waals surface area contributed by atoms with Crippen LogP contribution in [0.25, 0.3) is 0 Å². The molecule has 1 unspecified atom stereocenters. The number of carbonyl (C=O) groups is 1. The molecule has 0 saturated carbocycles. The second-order valence-electron chi connectivity index (χ2n) is 7.14. The number of rotatable bonds is 6. The molecule has 0 aromatic heterocycles. The number of carbonyl (C=O) groups excluding carboxylic acids is 1. The Morgan fingerprint density at radius 3 is 2.54 bits per heavy atom. The average molecular weight is 375 g/mol. The molecule has 0 aliphatic carbocycles. The average Bonchev–Trinajstić information content (AvgIpc) is 3.05. The van der Waals surface area contributed by atoms with Gasteiger partial charge in [-0.2, -0.15) is 0 Å². The van der Waals surface area contributed by atoms with E-state index in [2.05, 4.69) is 19.1 Å². The van der Waals surface area contributed by atoms with Crippen LogP contribution in [-0.4, -0.2) is 37.0 Å². The van der Waals surface area contributed by atoms with Crippen LogP contribution in [-0.2, 0) is 11.2 Å². The van der Waals surface area contributed by atoms with E-state index in [1.54, 1.807) is 0 Å². The van der Waals surface area contributed by atoms with E-state index in [4.69, 9.17) is 10.5 Å². The van der Waals surface area contributed by atoms with Gasteiger partial charge >= 0.3 is 0 Å². The number of likely N-dealkylation sites (tertiary alicyclic amines) is 1. The van der Waals surface area contributed by atoms with E-state index in [0.29, 0.717) is 6.54 Å². The lowest BCUT2D eigenvalue weighted by molar-refractivity contribution is -0.132. The number of hydrogen-bond acceptors (Lipinski definition) is 3. The van der Waals surface area contributed by atoms with E-state index in [1.165, 1.54) is 5.56 Å². The Balaban J connectivity index is 0.00000243. The predicted molar refractivity (Wildman–Crippen MR) is 107 cm³/mol. The second-order valence-corrected chi connectivity index (χ2v) is 7.14. The van der Waals surface area contributed by atoms with Gasteiger partial charge in [0.2, 0.25) is 0 Å². The number of benzene rings is 2. The molecule has 1 aliphatic heterocycles. The molecule has 1 atom stereocenters. The van der Waals surface area contributed by atoms with Crippen molar-refractivity contribution < 1.29 is 9.53 Å². The van der Waals surface area contributed by atoms with Crippen LogP contribution in [0, 0.1) is 5.41 Å². The molecule has 0 radical (unpaired) electrons. The van der Waals surface area contributed by atoms with E-state index in [-0.39, 0.29) is 30.3 Å². The van der Waals surface area contributed by atoms with Crippen molar-refractivity contribution in [3.05, 3.63) is 65.7 Å². The summed E-state index contributed by atoms with van der Waals surface area (Å²) in [4.78, 5) is 14.3. The van der Waals surface area contributed by atoms with Gasteiger partial charge in [-0.05, 0) is 35.6 Å². The van der Waals surface area contributed by atoms with Crippen LogP contribution in [0.3, 0.4) is 0 Å². The van der Waals surface area contributed by atoms with Crippen molar-refractivity contribution in [3.63, 3.8) is 0 Å². The van der Waals surface area contributed by atoms with Crippen LogP contribution in [0.5, 0.6) is 5.75 Å². The maximum atomic E-state index is 12.5. The summed E-state index contributed by atoms with van der Waals surface area (Å²) in [5, 5.41) is 0. The van der Waals surface area contributed by atoms with Gasteiger partial charge in [-0.1, -0.05) is 55.5 Å². The van der Waals surface area contributed by atoms with Crippen LogP contribution in [0.1, 0.15) is 24.5 Å². The summed E-state index contributed by atoms with van der Waals surface area (Å²) in [6.45, 7) is 4.30. The summed E-state index contributed by atoms with van der Waals surface area (Å²) >= 11 is 0. The quantitative estimate of drug-likeness (QED) is 0.844. The molecule has 1 amide bonds. The molecular formula is C21H27ClN2O2. The molecule has 4 nitrogen and oxygen atoms in total. The minimum Gasteiger partial charge on any atom is -0.483 e. The van der Waals surface area contributed by atoms with Crippen molar-refractivity contribution in [3.8, 4) is 5.75 Å². The minimum atomic E-state index is 0. The zero-order valence-corrected chi connectivity index (χ0v) is 16.0. The summed E-state index contributed by atoms with van der Waals surface area (Å²) in [6, 6.07) is 18.2. The van der Waals surface area contributed by atoms with E-state index in [1.807, 2.05) is 47.4 Å². The number of para-hydroxylation sites is 1. The summed E-state index contributed by atoms with van der Waals surface area (Å²) in [5.74, 6) is 0.812. The topological polar surface area (TPSA) is 55.6 Å². The SMILES string of the molecule is CC1(CN)CCN(C(=O)COc2ccccc2Cc2ccccc2)C1.Cl. The van der Waals surface area contributed by atoms with Gasteiger partial charge < -0.3 is 15.4 Å². The molecule has 1 fully saturated rings. The Kier molecular flexibility index (Phi) is 7.06. The highest BCUT2D eigenvalue weighted by molar-refractivity contribution is 5.85. The van der Waals surface area contributed by atoms with Gasteiger partial charge in [-0.3, -0.25) is 4.79 Å². The van der Waals surface area contributed by atoms with Gasteiger partial charge in [0.15, 0.2) is 6.61 Å². The molecule has 2 N–H and O–H groups in total. The van der Waals surface area contributed by atoms with Gasteiger partial charge in [0.25, 0.3) is 5.91 Å². The Hall–Kier alpha value is -2.04. The van der Waals surface area contributed by atoms with Crippen molar-refractivity contribution >= 4 is 18.3 Å². The molecule has 0 spiro atoms. The van der Waals surface area contributed by atoms with Gasteiger partial charge in [0.1, 0.15) is 5.75 Å². The summed E-state index contributed by atoms with van der Waals surface area (Å²) in [5.41, 5.74) is 8.18. The van der Waals surface area contributed by atoms with E-state index >= 15 is 0 Å². The van der Waals surface area contributed by atoms with E-state index in [0.717, 1.165) is 37.2 Å². The third-order valence-electron chi connectivity index (χ3n) is 4.96. The number of halogens is 1. The van der Waals surface area contributed by atoms with Crippen molar-refractivity contribution in [1.82, 2.24) is 4.90 Å². The molecule has 26 heavy (non-hydrogen) atoms. The Bertz CT molecular complexity index is 723. The fourth-order valence-corrected chi connectivity index (χ4v) is 3.24. The Morgan fingerprint density at radius 1 is 1.15 bits per heavy atom. The Labute approximate surface area is 161 Å². The van der Waals surface area contributed by atoms with E-state index < -0.39 is 0 Å². The minimum absolute atomic E-state index is 0. The maximum Gasteiger partial charge on any atom is 0.260 e. The molecule has 1 aliphatic rings. The number of amides is 1. The fraction of sp³-hybridized carbons (Fsp3) is 0.381. The highest BCUT2D eigenvalue weighted by Gasteiger charge is 2.34. The monoisotopic (exact) mass is 374 g/mol. The van der Waals surface area contributed by atoms with Crippen molar-refractivity contribution in [2.75, 3.05) is 26.2 Å². The first-order valence-electron chi connectivity index (χ1n) is 8.82. The predicted octanol–water partition coefficient (Wildman–Crippen LogP) is 3.28. The van der Waals surface area contributed by atoms with Crippen LogP contribution in [0.15, 0.2) is 54.6 Å². The van der Waals surface area contributed by atoms with Gasteiger partial charge in [-0.15, -0.1) is 12.4 Å². The standard InChI is InChI=1S/C21H26N2O2.ClH/c1-21(15-22)11-12-23(16-21)20(24)14-25-19-10-6-5-9-18(19)13-17-7-3-2-4-8-17;/h2-10H,11-16,22H2,1H3;1H. The van der Waals surface area contributed by atoms with E-state index in [9.17, 15) is 4.79 Å². The molecule has 3 rings (SSSR count). The first kappa shape index (κ1) is 20.3. The summed E-state index contributed by atoms with van der Waals surface area (Å²) < 4.78 is 5.86. The smallest absolute Gasteiger partial charge is 0.260 e. The zero-order chi connectivity index (χ0) is 17.7. The first-order chi connectivity index (χ1) is 12.1. The second kappa shape index (κ2) is 9.06. The zero-order valence-electron chi connectivity index (χ0n) is 15.2. The normalized spacial score (nSPS) is 19.1. The maximum absolute atomic E-state index is 12.5. The number of nitrogens with two attached hydrogens (primary N) is 1. The number of ether oxygens (including phenoxy) is 1. The van der Waals surface area contributed by atoms with Gasteiger partial charge in [0.05, 0.1) is 0 Å².